The highest BCUT2D eigenvalue weighted by atomic mass is 32.1. The Bertz CT molecular complexity index is 270. The topological polar surface area (TPSA) is 38.3 Å². The zero-order chi connectivity index (χ0) is 8.97. The highest BCUT2D eigenvalue weighted by Crippen LogP contribution is 2.23. The van der Waals surface area contributed by atoms with Crippen LogP contribution < -0.4 is 10.1 Å². The number of amides is 1. The van der Waals surface area contributed by atoms with Gasteiger partial charge < -0.3 is 10.1 Å². The molecule has 1 rings (SSSR count). The molecule has 12 heavy (non-hydrogen) atoms. The van der Waals surface area contributed by atoms with E-state index in [0.29, 0.717) is 5.06 Å². The van der Waals surface area contributed by atoms with Gasteiger partial charge in [-0.2, -0.15) is 0 Å². The van der Waals surface area contributed by atoms with E-state index < -0.39 is 6.09 Å². The highest BCUT2D eigenvalue weighted by molar-refractivity contribution is 7.12. The number of hydrogen-bond acceptors (Lipinski definition) is 3. The number of rotatable bonds is 2. The smallest absolute Gasteiger partial charge is 0.399 e. The average molecular weight is 185 g/mol. The molecule has 0 fully saturated rings. The molecule has 3 nitrogen and oxygen atoms in total. The molecule has 0 unspecified atom stereocenters. The molecule has 1 heterocycles. The fourth-order valence-electron chi connectivity index (χ4n) is 0.734. The Balaban J connectivity index is 2.58. The van der Waals surface area contributed by atoms with Crippen molar-refractivity contribution in [2.24, 2.45) is 0 Å². The van der Waals surface area contributed by atoms with Crippen LogP contribution in [0.25, 0.3) is 0 Å². The van der Waals surface area contributed by atoms with Gasteiger partial charge in [0.25, 0.3) is 0 Å². The molecular formula is C8H11NO2S. The summed E-state index contributed by atoms with van der Waals surface area (Å²) in [5.41, 5.74) is 1.19. The lowest BCUT2D eigenvalue weighted by Crippen LogP contribution is -2.21. The molecular weight excluding hydrogens is 174 g/mol. The van der Waals surface area contributed by atoms with Gasteiger partial charge in [0.05, 0.1) is 0 Å². The number of carbonyl (C=O) groups is 1. The van der Waals surface area contributed by atoms with Gasteiger partial charge in [-0.1, -0.05) is 6.92 Å². The standard InChI is InChI=1S/C8H11NO2S/c1-3-6-4-7(12-5-6)11-8(10)9-2/h4-5H,3H2,1-2H3,(H,9,10). The maximum Gasteiger partial charge on any atom is 0.413 e. The van der Waals surface area contributed by atoms with E-state index in [4.69, 9.17) is 4.74 Å². The highest BCUT2D eigenvalue weighted by Gasteiger charge is 2.03. The maximum atomic E-state index is 10.8. The number of aryl methyl sites for hydroxylation is 1. The number of ether oxygens (including phenoxy) is 1. The Morgan fingerprint density at radius 2 is 2.50 bits per heavy atom. The van der Waals surface area contributed by atoms with E-state index in [0.717, 1.165) is 6.42 Å². The van der Waals surface area contributed by atoms with Crippen molar-refractivity contribution in [1.82, 2.24) is 5.32 Å². The molecule has 1 aromatic rings. The largest absolute Gasteiger partial charge is 0.413 e. The summed E-state index contributed by atoms with van der Waals surface area (Å²) in [6, 6.07) is 1.87. The molecule has 0 aliphatic heterocycles. The van der Waals surface area contributed by atoms with Crippen LogP contribution in [-0.2, 0) is 6.42 Å². The lowest BCUT2D eigenvalue weighted by atomic mass is 10.3. The first kappa shape index (κ1) is 9.06. The first-order valence-corrected chi connectivity index (χ1v) is 4.61. The van der Waals surface area contributed by atoms with Gasteiger partial charge in [0.1, 0.15) is 0 Å². The molecule has 0 atom stereocenters. The van der Waals surface area contributed by atoms with Gasteiger partial charge in [-0.15, -0.1) is 11.3 Å². The molecule has 1 amide bonds. The lowest BCUT2D eigenvalue weighted by Gasteiger charge is -1.97. The molecule has 0 aliphatic carbocycles. The van der Waals surface area contributed by atoms with Crippen molar-refractivity contribution in [1.29, 1.82) is 0 Å². The number of thiophene rings is 1. The minimum Gasteiger partial charge on any atom is -0.399 e. The predicted molar refractivity (Wildman–Crippen MR) is 48.8 cm³/mol. The van der Waals surface area contributed by atoms with Crippen molar-refractivity contribution in [2.75, 3.05) is 7.05 Å². The number of nitrogens with one attached hydrogen (secondary N) is 1. The Labute approximate surface area is 75.4 Å². The van der Waals surface area contributed by atoms with Crippen LogP contribution in [0.2, 0.25) is 0 Å². The Morgan fingerprint density at radius 1 is 1.75 bits per heavy atom. The summed E-state index contributed by atoms with van der Waals surface area (Å²) in [4.78, 5) is 10.8. The van der Waals surface area contributed by atoms with Gasteiger partial charge in [0.2, 0.25) is 0 Å². The summed E-state index contributed by atoms with van der Waals surface area (Å²) in [6.45, 7) is 2.06. The van der Waals surface area contributed by atoms with Crippen molar-refractivity contribution >= 4 is 17.4 Å². The second-order valence-corrected chi connectivity index (χ2v) is 3.14. The molecule has 0 spiro atoms. The fourth-order valence-corrected chi connectivity index (χ4v) is 1.58. The van der Waals surface area contributed by atoms with E-state index in [2.05, 4.69) is 12.2 Å². The normalized spacial score (nSPS) is 9.50. The molecule has 66 valence electrons. The van der Waals surface area contributed by atoms with Gasteiger partial charge in [-0.3, -0.25) is 0 Å². The van der Waals surface area contributed by atoms with Crippen LogP contribution in [-0.4, -0.2) is 13.1 Å². The third kappa shape index (κ3) is 2.23. The minimum absolute atomic E-state index is 0.417. The first-order chi connectivity index (χ1) is 5.76. The van der Waals surface area contributed by atoms with E-state index in [-0.39, 0.29) is 0 Å². The van der Waals surface area contributed by atoms with Gasteiger partial charge >= 0.3 is 6.09 Å². The quantitative estimate of drug-likeness (QED) is 0.765. The van der Waals surface area contributed by atoms with Crippen LogP contribution in [0.1, 0.15) is 12.5 Å². The third-order valence-electron chi connectivity index (χ3n) is 1.44. The van der Waals surface area contributed by atoms with Gasteiger partial charge in [0, 0.05) is 7.05 Å². The van der Waals surface area contributed by atoms with Gasteiger partial charge in [-0.05, 0) is 23.4 Å². The molecule has 0 radical (unpaired) electrons. The Kier molecular flexibility index (Phi) is 3.10. The summed E-state index contributed by atoms with van der Waals surface area (Å²) < 4.78 is 4.91. The number of hydrogen-bond donors (Lipinski definition) is 1. The van der Waals surface area contributed by atoms with Crippen LogP contribution in [0.15, 0.2) is 11.4 Å². The van der Waals surface area contributed by atoms with Crippen LogP contribution in [0.4, 0.5) is 4.79 Å². The Morgan fingerprint density at radius 3 is 3.00 bits per heavy atom. The summed E-state index contributed by atoms with van der Waals surface area (Å²) in [5, 5.41) is 5.02. The molecule has 0 aromatic carbocycles. The fraction of sp³-hybridized carbons (Fsp3) is 0.375. The number of carbonyl (C=O) groups excluding carboxylic acids is 1. The van der Waals surface area contributed by atoms with E-state index in [1.54, 1.807) is 0 Å². The lowest BCUT2D eigenvalue weighted by molar-refractivity contribution is 0.204. The van der Waals surface area contributed by atoms with Crippen LogP contribution >= 0.6 is 11.3 Å². The Hall–Kier alpha value is -1.03. The molecule has 0 bridgehead atoms. The summed E-state index contributed by atoms with van der Waals surface area (Å²) in [7, 11) is 1.54. The summed E-state index contributed by atoms with van der Waals surface area (Å²) >= 11 is 1.43. The SMILES string of the molecule is CCc1csc(OC(=O)NC)c1. The van der Waals surface area contributed by atoms with E-state index in [1.165, 1.54) is 23.9 Å². The zero-order valence-electron chi connectivity index (χ0n) is 7.09. The van der Waals surface area contributed by atoms with E-state index >= 15 is 0 Å². The van der Waals surface area contributed by atoms with Gasteiger partial charge in [0.15, 0.2) is 5.06 Å². The van der Waals surface area contributed by atoms with Crippen molar-refractivity contribution < 1.29 is 9.53 Å². The minimum atomic E-state index is -0.417. The summed E-state index contributed by atoms with van der Waals surface area (Å²) in [6.07, 6.45) is 0.549. The molecule has 0 saturated carbocycles. The average Bonchev–Trinajstić information content (AvgIpc) is 2.52. The molecule has 1 N–H and O–H groups in total. The van der Waals surface area contributed by atoms with Crippen molar-refractivity contribution in [3.8, 4) is 5.06 Å². The molecule has 0 aliphatic rings. The summed E-state index contributed by atoms with van der Waals surface area (Å²) in [5.74, 6) is 0. The molecule has 0 saturated heterocycles. The zero-order valence-corrected chi connectivity index (χ0v) is 7.90. The van der Waals surface area contributed by atoms with Crippen LogP contribution in [0, 0.1) is 0 Å². The first-order valence-electron chi connectivity index (χ1n) is 3.73. The van der Waals surface area contributed by atoms with E-state index in [9.17, 15) is 4.79 Å². The monoisotopic (exact) mass is 185 g/mol. The van der Waals surface area contributed by atoms with Crippen molar-refractivity contribution in [3.63, 3.8) is 0 Å². The van der Waals surface area contributed by atoms with Crippen LogP contribution in [0.5, 0.6) is 5.06 Å². The molecule has 1 aromatic heterocycles. The third-order valence-corrected chi connectivity index (χ3v) is 2.29. The predicted octanol–water partition coefficient (Wildman–Crippen LogP) is 2.03. The van der Waals surface area contributed by atoms with Crippen molar-refractivity contribution in [3.05, 3.63) is 17.0 Å². The van der Waals surface area contributed by atoms with Gasteiger partial charge in [-0.25, -0.2) is 4.79 Å². The van der Waals surface area contributed by atoms with E-state index in [1.807, 2.05) is 11.4 Å². The second kappa shape index (κ2) is 4.11. The maximum absolute atomic E-state index is 10.8. The second-order valence-electron chi connectivity index (χ2n) is 2.27. The van der Waals surface area contributed by atoms with Crippen molar-refractivity contribution in [2.45, 2.75) is 13.3 Å². The molecule has 4 heteroatoms. The van der Waals surface area contributed by atoms with Crippen LogP contribution in [0.3, 0.4) is 0 Å².